The lowest BCUT2D eigenvalue weighted by Crippen LogP contribution is -2.41. The molecule has 0 aromatic carbocycles. The van der Waals surface area contributed by atoms with Crippen LogP contribution in [0.25, 0.3) is 0 Å². The minimum Gasteiger partial charge on any atom is -0.464 e. The smallest absolute Gasteiger partial charge is 0.464 e. The molecule has 0 radical (unpaired) electrons. The summed E-state index contributed by atoms with van der Waals surface area (Å²) in [5, 5.41) is 1.65. The van der Waals surface area contributed by atoms with Crippen molar-refractivity contribution in [2.24, 2.45) is 0 Å². The maximum Gasteiger partial charge on any atom is 0.525 e. The second kappa shape index (κ2) is 4.33. The molecular formula is C11H16BNO4S. The van der Waals surface area contributed by atoms with Gasteiger partial charge in [-0.15, -0.1) is 11.3 Å². The van der Waals surface area contributed by atoms with Gasteiger partial charge in [0.2, 0.25) is 0 Å². The molecule has 18 heavy (non-hydrogen) atoms. The second-order valence-corrected chi connectivity index (χ2v) is 6.04. The molecule has 0 unspecified atom stereocenters. The number of carbonyl (C=O) groups is 1. The van der Waals surface area contributed by atoms with Gasteiger partial charge < -0.3 is 14.0 Å². The Morgan fingerprint density at radius 2 is 1.89 bits per heavy atom. The van der Waals surface area contributed by atoms with Crippen molar-refractivity contribution in [3.05, 3.63) is 11.1 Å². The quantitative estimate of drug-likeness (QED) is 0.597. The lowest BCUT2D eigenvalue weighted by atomic mass is 9.90. The third-order valence-corrected chi connectivity index (χ3v) is 4.24. The van der Waals surface area contributed by atoms with Gasteiger partial charge in [0, 0.05) is 5.38 Å². The molecule has 0 atom stereocenters. The van der Waals surface area contributed by atoms with E-state index in [4.69, 9.17) is 9.31 Å². The minimum absolute atomic E-state index is 0.284. The molecule has 2 heterocycles. The van der Waals surface area contributed by atoms with Crippen molar-refractivity contribution in [3.8, 4) is 0 Å². The van der Waals surface area contributed by atoms with E-state index in [1.165, 1.54) is 18.4 Å². The van der Waals surface area contributed by atoms with E-state index in [2.05, 4.69) is 9.72 Å². The molecular weight excluding hydrogens is 253 g/mol. The molecule has 5 nitrogen and oxygen atoms in total. The van der Waals surface area contributed by atoms with Gasteiger partial charge >= 0.3 is 13.1 Å². The molecule has 2 rings (SSSR count). The van der Waals surface area contributed by atoms with Crippen LogP contribution in [-0.4, -0.2) is 36.4 Å². The zero-order valence-electron chi connectivity index (χ0n) is 11.1. The summed E-state index contributed by atoms with van der Waals surface area (Å²) in [5.74, 6) is -0.450. The lowest BCUT2D eigenvalue weighted by molar-refractivity contribution is 0.00578. The van der Waals surface area contributed by atoms with E-state index in [-0.39, 0.29) is 5.69 Å². The van der Waals surface area contributed by atoms with Crippen LogP contribution in [0, 0.1) is 0 Å². The Hall–Kier alpha value is -0.915. The van der Waals surface area contributed by atoms with Crippen LogP contribution in [0.1, 0.15) is 38.2 Å². The van der Waals surface area contributed by atoms with Crippen molar-refractivity contribution in [3.63, 3.8) is 0 Å². The van der Waals surface area contributed by atoms with Crippen molar-refractivity contribution >= 4 is 29.3 Å². The average molecular weight is 269 g/mol. The standard InChI is InChI=1S/C11H16BNO4S/c1-10(2)11(3,4)17-12(16-10)9-13-7(6-18-9)8(14)15-5/h6H,1-5H3. The highest BCUT2D eigenvalue weighted by molar-refractivity contribution is 7.20. The Kier molecular flexibility index (Phi) is 3.25. The van der Waals surface area contributed by atoms with Crippen molar-refractivity contribution in [1.29, 1.82) is 0 Å². The van der Waals surface area contributed by atoms with Crippen LogP contribution in [0.2, 0.25) is 0 Å². The normalized spacial score (nSPS) is 21.1. The Morgan fingerprint density at radius 3 is 2.39 bits per heavy atom. The molecule has 0 aliphatic carbocycles. The fraction of sp³-hybridized carbons (Fsp3) is 0.636. The van der Waals surface area contributed by atoms with Gasteiger partial charge in [0.05, 0.1) is 18.3 Å². The Morgan fingerprint density at radius 1 is 1.33 bits per heavy atom. The SMILES string of the molecule is COC(=O)c1csc(B2OC(C)(C)C(C)(C)O2)n1. The lowest BCUT2D eigenvalue weighted by Gasteiger charge is -2.32. The summed E-state index contributed by atoms with van der Waals surface area (Å²) in [6, 6.07) is 0. The maximum atomic E-state index is 11.3. The zero-order chi connectivity index (χ0) is 13.6. The fourth-order valence-corrected chi connectivity index (χ4v) is 2.28. The number of methoxy groups -OCH3 is 1. The molecule has 98 valence electrons. The van der Waals surface area contributed by atoms with E-state index in [0.717, 1.165) is 0 Å². The predicted molar refractivity (Wildman–Crippen MR) is 69.2 cm³/mol. The van der Waals surface area contributed by atoms with Gasteiger partial charge in [-0.2, -0.15) is 0 Å². The summed E-state index contributed by atoms with van der Waals surface area (Å²) in [6.07, 6.45) is 0. The first-order chi connectivity index (χ1) is 8.27. The van der Waals surface area contributed by atoms with Crippen LogP contribution >= 0.6 is 11.3 Å². The topological polar surface area (TPSA) is 57.7 Å². The van der Waals surface area contributed by atoms with Gasteiger partial charge in [-0.25, -0.2) is 9.78 Å². The zero-order valence-corrected chi connectivity index (χ0v) is 12.0. The van der Waals surface area contributed by atoms with E-state index in [9.17, 15) is 4.79 Å². The number of hydrogen-bond donors (Lipinski definition) is 0. The average Bonchev–Trinajstić information content (AvgIpc) is 2.82. The van der Waals surface area contributed by atoms with Crippen molar-refractivity contribution in [1.82, 2.24) is 4.98 Å². The molecule has 1 aliphatic rings. The van der Waals surface area contributed by atoms with Gasteiger partial charge in [-0.3, -0.25) is 0 Å². The van der Waals surface area contributed by atoms with Crippen molar-refractivity contribution in [2.75, 3.05) is 7.11 Å². The highest BCUT2D eigenvalue weighted by Crippen LogP contribution is 2.36. The van der Waals surface area contributed by atoms with Crippen LogP contribution in [0.3, 0.4) is 0 Å². The van der Waals surface area contributed by atoms with Crippen LogP contribution in [0.4, 0.5) is 0 Å². The molecule has 0 saturated carbocycles. The summed E-state index contributed by atoms with van der Waals surface area (Å²) in [4.78, 5) is 16.2. The molecule has 0 bridgehead atoms. The van der Waals surface area contributed by atoms with Crippen molar-refractivity contribution < 1.29 is 18.8 Å². The first-order valence-corrected chi connectivity index (χ1v) is 6.54. The monoisotopic (exact) mass is 269 g/mol. The van der Waals surface area contributed by atoms with Crippen LogP contribution in [-0.2, 0) is 14.0 Å². The fourth-order valence-electron chi connectivity index (χ4n) is 1.54. The summed E-state index contributed by atoms with van der Waals surface area (Å²) < 4.78 is 16.3. The number of carbonyl (C=O) groups excluding carboxylic acids is 1. The van der Waals surface area contributed by atoms with Crippen LogP contribution in [0.5, 0.6) is 0 Å². The van der Waals surface area contributed by atoms with Gasteiger partial charge in [0.25, 0.3) is 0 Å². The first-order valence-electron chi connectivity index (χ1n) is 5.66. The van der Waals surface area contributed by atoms with E-state index in [1.807, 2.05) is 27.7 Å². The van der Waals surface area contributed by atoms with Crippen molar-refractivity contribution in [2.45, 2.75) is 38.9 Å². The van der Waals surface area contributed by atoms with E-state index < -0.39 is 24.3 Å². The molecule has 0 spiro atoms. The molecule has 7 heteroatoms. The Bertz CT molecular complexity index is 455. The summed E-state index contributed by atoms with van der Waals surface area (Å²) in [5.41, 5.74) is -0.531. The molecule has 1 aliphatic heterocycles. The molecule has 0 N–H and O–H groups in total. The third kappa shape index (κ3) is 2.18. The number of rotatable bonds is 2. The minimum atomic E-state index is -0.529. The van der Waals surface area contributed by atoms with E-state index in [1.54, 1.807) is 5.38 Å². The third-order valence-electron chi connectivity index (χ3n) is 3.37. The van der Waals surface area contributed by atoms with Gasteiger partial charge in [-0.05, 0) is 27.7 Å². The number of aromatic nitrogens is 1. The molecule has 0 amide bonds. The Balaban J connectivity index is 2.20. The van der Waals surface area contributed by atoms with Crippen LogP contribution in [0.15, 0.2) is 5.38 Å². The summed E-state index contributed by atoms with van der Waals surface area (Å²) >= 11 is 1.33. The predicted octanol–water partition coefficient (Wildman–Crippen LogP) is 1.23. The molecule has 1 aromatic heterocycles. The largest absolute Gasteiger partial charge is 0.525 e. The van der Waals surface area contributed by atoms with Gasteiger partial charge in [-0.1, -0.05) is 0 Å². The number of hydrogen-bond acceptors (Lipinski definition) is 6. The molecule has 1 aromatic rings. The van der Waals surface area contributed by atoms with Gasteiger partial charge in [0.1, 0.15) is 4.91 Å². The molecule has 1 fully saturated rings. The number of thiazole rings is 1. The highest BCUT2D eigenvalue weighted by atomic mass is 32.1. The number of esters is 1. The number of nitrogens with zero attached hydrogens (tertiary/aromatic N) is 1. The van der Waals surface area contributed by atoms with Gasteiger partial charge in [0.15, 0.2) is 5.69 Å². The summed E-state index contributed by atoms with van der Waals surface area (Å²) in [6.45, 7) is 7.90. The van der Waals surface area contributed by atoms with E-state index in [0.29, 0.717) is 4.91 Å². The highest BCUT2D eigenvalue weighted by Gasteiger charge is 2.53. The van der Waals surface area contributed by atoms with E-state index >= 15 is 0 Å². The molecule has 1 saturated heterocycles. The first kappa shape index (κ1) is 13.5. The second-order valence-electron chi connectivity index (χ2n) is 5.15. The maximum absolute atomic E-state index is 11.3. The number of ether oxygens (including phenoxy) is 1. The Labute approximate surface area is 111 Å². The van der Waals surface area contributed by atoms with Crippen LogP contribution < -0.4 is 4.91 Å². The summed E-state index contributed by atoms with van der Waals surface area (Å²) in [7, 11) is 0.800.